The number of esters is 1. The van der Waals surface area contributed by atoms with Gasteiger partial charge in [-0.2, -0.15) is 0 Å². The van der Waals surface area contributed by atoms with Crippen molar-refractivity contribution in [3.8, 4) is 11.5 Å². The number of carbonyl (C=O) groups excluding carboxylic acids is 2. The van der Waals surface area contributed by atoms with Gasteiger partial charge in [0.2, 0.25) is 0 Å². The molecule has 30 heavy (non-hydrogen) atoms. The number of carbonyl (C=O) groups is 2. The van der Waals surface area contributed by atoms with Gasteiger partial charge in [-0.15, -0.1) is 0 Å². The van der Waals surface area contributed by atoms with Gasteiger partial charge in [-0.25, -0.2) is 4.79 Å². The number of primary amides is 1. The van der Waals surface area contributed by atoms with E-state index in [2.05, 4.69) is 0 Å². The Bertz CT molecular complexity index is 1020. The van der Waals surface area contributed by atoms with Crippen LogP contribution in [0.4, 0.5) is 0 Å². The maximum atomic E-state index is 11.9. The molecule has 0 aliphatic heterocycles. The molecule has 0 aliphatic rings. The van der Waals surface area contributed by atoms with Crippen LogP contribution >= 0.6 is 0 Å². The van der Waals surface area contributed by atoms with E-state index in [1.165, 1.54) is 5.56 Å². The average Bonchev–Trinajstić information content (AvgIpc) is 3.09. The van der Waals surface area contributed by atoms with Crippen LogP contribution in [-0.4, -0.2) is 36.3 Å². The Morgan fingerprint density at radius 2 is 1.73 bits per heavy atom. The predicted molar refractivity (Wildman–Crippen MR) is 114 cm³/mol. The van der Waals surface area contributed by atoms with Crippen molar-refractivity contribution in [1.82, 2.24) is 4.57 Å². The number of hydrogen-bond donors (Lipinski definition) is 1. The second kappa shape index (κ2) is 9.82. The Labute approximate surface area is 175 Å². The van der Waals surface area contributed by atoms with Crippen molar-refractivity contribution < 1.29 is 23.8 Å². The minimum Gasteiger partial charge on any atom is -0.494 e. The highest BCUT2D eigenvalue weighted by molar-refractivity contribution is 5.98. The first kappa shape index (κ1) is 21.2. The smallest absolute Gasteiger partial charge is 0.344 e. The lowest BCUT2D eigenvalue weighted by Gasteiger charge is -2.11. The van der Waals surface area contributed by atoms with Gasteiger partial charge in [0.05, 0.1) is 18.7 Å². The lowest BCUT2D eigenvalue weighted by atomic mass is 10.2. The van der Waals surface area contributed by atoms with Gasteiger partial charge in [0.15, 0.2) is 6.61 Å². The molecular formula is C23H26N2O5. The number of fused-ring (bicyclic) bond motifs is 1. The second-order valence-corrected chi connectivity index (χ2v) is 6.87. The van der Waals surface area contributed by atoms with E-state index >= 15 is 0 Å². The van der Waals surface area contributed by atoms with Gasteiger partial charge >= 0.3 is 5.97 Å². The van der Waals surface area contributed by atoms with Gasteiger partial charge in [-0.05, 0) is 50.6 Å². The molecule has 2 aromatic carbocycles. The van der Waals surface area contributed by atoms with E-state index in [0.717, 1.165) is 16.7 Å². The fraction of sp³-hybridized carbons (Fsp3) is 0.304. The van der Waals surface area contributed by atoms with Crippen LogP contribution in [-0.2, 0) is 16.1 Å². The first-order chi connectivity index (χ1) is 14.5. The van der Waals surface area contributed by atoms with Gasteiger partial charge in [-0.3, -0.25) is 4.79 Å². The van der Waals surface area contributed by atoms with Crippen molar-refractivity contribution in [2.24, 2.45) is 5.73 Å². The van der Waals surface area contributed by atoms with Gasteiger partial charge in [-0.1, -0.05) is 17.7 Å². The van der Waals surface area contributed by atoms with Crippen LogP contribution in [0.2, 0.25) is 0 Å². The molecule has 0 bridgehead atoms. The first-order valence-electron chi connectivity index (χ1n) is 9.89. The molecule has 0 spiro atoms. The Morgan fingerprint density at radius 1 is 1.00 bits per heavy atom. The van der Waals surface area contributed by atoms with Crippen LogP contribution in [0.3, 0.4) is 0 Å². The summed E-state index contributed by atoms with van der Waals surface area (Å²) < 4.78 is 18.0. The van der Waals surface area contributed by atoms with Crippen LogP contribution in [0, 0.1) is 6.92 Å². The maximum absolute atomic E-state index is 11.9. The van der Waals surface area contributed by atoms with Gasteiger partial charge in [0, 0.05) is 18.0 Å². The van der Waals surface area contributed by atoms with Crippen molar-refractivity contribution in [1.29, 1.82) is 0 Å². The van der Waals surface area contributed by atoms with Crippen molar-refractivity contribution >= 4 is 22.8 Å². The molecule has 158 valence electrons. The highest BCUT2D eigenvalue weighted by Gasteiger charge is 2.14. The number of aryl methyl sites for hydroxylation is 2. The van der Waals surface area contributed by atoms with E-state index in [0.29, 0.717) is 37.6 Å². The molecule has 0 saturated carbocycles. The molecule has 0 saturated heterocycles. The molecule has 2 N–H and O–H groups in total. The van der Waals surface area contributed by atoms with Crippen molar-refractivity contribution in [3.05, 3.63) is 59.8 Å². The molecule has 3 rings (SSSR count). The minimum absolute atomic E-state index is 0.173. The minimum atomic E-state index is -0.500. The Hall–Kier alpha value is -3.48. The summed E-state index contributed by atoms with van der Waals surface area (Å²) in [4.78, 5) is 23.4. The van der Waals surface area contributed by atoms with E-state index in [1.807, 2.05) is 41.8 Å². The molecule has 0 fully saturated rings. The molecule has 1 aromatic heterocycles. The molecular weight excluding hydrogens is 384 g/mol. The molecule has 0 atom stereocenters. The summed E-state index contributed by atoms with van der Waals surface area (Å²) in [7, 11) is 0. The standard InChI is InChI=1S/C23H26N2O5/c1-3-28-22(26)15-30-19-10-7-17-13-21(23(24)27)25(20(17)14-19)11-4-12-29-18-8-5-16(2)6-9-18/h5-10,13-14H,3-4,11-12,15H2,1-2H3,(H2,24,27). The monoisotopic (exact) mass is 410 g/mol. The van der Waals surface area contributed by atoms with Crippen LogP contribution in [0.1, 0.15) is 29.4 Å². The van der Waals surface area contributed by atoms with Crippen molar-refractivity contribution in [2.75, 3.05) is 19.8 Å². The number of amides is 1. The summed E-state index contributed by atoms with van der Waals surface area (Å²) in [6.07, 6.45) is 0.686. The third kappa shape index (κ3) is 5.31. The highest BCUT2D eigenvalue weighted by atomic mass is 16.6. The Balaban J connectivity index is 1.71. The van der Waals surface area contributed by atoms with Crippen molar-refractivity contribution in [2.45, 2.75) is 26.8 Å². The molecule has 0 aliphatic carbocycles. The number of rotatable bonds is 10. The number of hydrogen-bond acceptors (Lipinski definition) is 5. The molecule has 7 nitrogen and oxygen atoms in total. The highest BCUT2D eigenvalue weighted by Crippen LogP contribution is 2.25. The summed E-state index contributed by atoms with van der Waals surface area (Å²) in [6.45, 7) is 4.94. The molecule has 3 aromatic rings. The fourth-order valence-corrected chi connectivity index (χ4v) is 3.16. The molecule has 7 heteroatoms. The van der Waals surface area contributed by atoms with Gasteiger partial charge in [0.1, 0.15) is 17.2 Å². The third-order valence-corrected chi connectivity index (χ3v) is 4.61. The van der Waals surface area contributed by atoms with Gasteiger partial charge < -0.3 is 24.5 Å². The largest absolute Gasteiger partial charge is 0.494 e. The zero-order valence-electron chi connectivity index (χ0n) is 17.2. The van der Waals surface area contributed by atoms with Crippen LogP contribution < -0.4 is 15.2 Å². The number of nitrogens with zero attached hydrogens (tertiary/aromatic N) is 1. The van der Waals surface area contributed by atoms with E-state index in [1.54, 1.807) is 25.1 Å². The Kier molecular flexibility index (Phi) is 6.95. The van der Waals surface area contributed by atoms with E-state index in [-0.39, 0.29) is 6.61 Å². The van der Waals surface area contributed by atoms with Crippen LogP contribution in [0.25, 0.3) is 10.9 Å². The van der Waals surface area contributed by atoms with E-state index < -0.39 is 11.9 Å². The molecule has 1 amide bonds. The molecule has 0 radical (unpaired) electrons. The topological polar surface area (TPSA) is 92.8 Å². The second-order valence-electron chi connectivity index (χ2n) is 6.87. The molecule has 0 unspecified atom stereocenters. The fourth-order valence-electron chi connectivity index (χ4n) is 3.16. The summed E-state index contributed by atoms with van der Waals surface area (Å²) in [5, 5.41) is 0.867. The van der Waals surface area contributed by atoms with Crippen LogP contribution in [0.5, 0.6) is 11.5 Å². The zero-order valence-corrected chi connectivity index (χ0v) is 17.2. The molecule has 1 heterocycles. The van der Waals surface area contributed by atoms with E-state index in [4.69, 9.17) is 19.9 Å². The van der Waals surface area contributed by atoms with Crippen LogP contribution in [0.15, 0.2) is 48.5 Å². The first-order valence-corrected chi connectivity index (χ1v) is 9.89. The number of benzene rings is 2. The zero-order chi connectivity index (χ0) is 21.5. The lowest BCUT2D eigenvalue weighted by Crippen LogP contribution is -2.17. The number of ether oxygens (including phenoxy) is 3. The number of nitrogens with two attached hydrogens (primary N) is 1. The Morgan fingerprint density at radius 3 is 2.43 bits per heavy atom. The normalized spacial score (nSPS) is 10.7. The third-order valence-electron chi connectivity index (χ3n) is 4.61. The lowest BCUT2D eigenvalue weighted by molar-refractivity contribution is -0.145. The van der Waals surface area contributed by atoms with Crippen molar-refractivity contribution in [3.63, 3.8) is 0 Å². The van der Waals surface area contributed by atoms with Gasteiger partial charge in [0.25, 0.3) is 5.91 Å². The summed E-state index contributed by atoms with van der Waals surface area (Å²) in [5.74, 6) is 0.392. The maximum Gasteiger partial charge on any atom is 0.344 e. The van der Waals surface area contributed by atoms with E-state index in [9.17, 15) is 9.59 Å². The summed E-state index contributed by atoms with van der Waals surface area (Å²) in [6, 6.07) is 15.0. The quantitative estimate of drug-likeness (QED) is 0.408. The number of aromatic nitrogens is 1. The summed E-state index contributed by atoms with van der Waals surface area (Å²) in [5.41, 5.74) is 7.97. The SMILES string of the molecule is CCOC(=O)COc1ccc2cc(C(N)=O)n(CCCOc3ccc(C)cc3)c2c1. The predicted octanol–water partition coefficient (Wildman–Crippen LogP) is 3.46. The summed E-state index contributed by atoms with van der Waals surface area (Å²) >= 11 is 0. The average molecular weight is 410 g/mol.